The van der Waals surface area contributed by atoms with Gasteiger partial charge in [-0.05, 0) is 12.8 Å². The molecule has 0 aromatic heterocycles. The van der Waals surface area contributed by atoms with Gasteiger partial charge in [-0.1, -0.05) is 45.1 Å². The zero-order valence-electron chi connectivity index (χ0n) is 15.2. The summed E-state index contributed by atoms with van der Waals surface area (Å²) >= 11 is 0. The molecule has 0 rings (SSSR count). The van der Waals surface area contributed by atoms with Crippen molar-refractivity contribution in [2.75, 3.05) is 13.2 Å². The largest absolute Gasteiger partial charge is 1.00 e. The van der Waals surface area contributed by atoms with Crippen molar-refractivity contribution in [2.24, 2.45) is 0 Å². The Morgan fingerprint density at radius 1 is 1.08 bits per heavy atom. The van der Waals surface area contributed by atoms with E-state index in [-0.39, 0.29) is 42.8 Å². The average Bonchev–Trinajstić information content (AvgIpc) is 2.50. The van der Waals surface area contributed by atoms with E-state index in [2.05, 4.69) is 13.5 Å². The van der Waals surface area contributed by atoms with Crippen molar-refractivity contribution in [2.45, 2.75) is 63.5 Å². The number of esters is 2. The van der Waals surface area contributed by atoms with E-state index >= 15 is 0 Å². The number of unbranched alkanes of at least 4 members (excludes halogenated alkanes) is 5. The van der Waals surface area contributed by atoms with Gasteiger partial charge in [-0.2, -0.15) is 0 Å². The molecule has 0 amide bonds. The second kappa shape index (κ2) is 15.8. The molecule has 0 heterocycles. The smallest absolute Gasteiger partial charge is 0.747 e. The minimum atomic E-state index is -4.99. The molecule has 7 nitrogen and oxygen atoms in total. The summed E-state index contributed by atoms with van der Waals surface area (Å²) in [6.45, 7) is 5.59. The van der Waals surface area contributed by atoms with E-state index in [9.17, 15) is 22.6 Å². The van der Waals surface area contributed by atoms with E-state index < -0.39 is 33.7 Å². The van der Waals surface area contributed by atoms with Crippen molar-refractivity contribution in [3.63, 3.8) is 0 Å². The molecule has 0 saturated carbocycles. The van der Waals surface area contributed by atoms with E-state index in [0.29, 0.717) is 12.8 Å². The molecule has 0 aliphatic heterocycles. The molecule has 0 aromatic rings. The first-order chi connectivity index (χ1) is 11.3. The van der Waals surface area contributed by atoms with Crippen molar-refractivity contribution in [1.82, 2.24) is 0 Å². The van der Waals surface area contributed by atoms with E-state index in [1.807, 2.05) is 0 Å². The summed E-state index contributed by atoms with van der Waals surface area (Å²) in [5, 5.41) is -2.06. The summed E-state index contributed by atoms with van der Waals surface area (Å²) in [5.74, 6) is -2.13. The fourth-order valence-electron chi connectivity index (χ4n) is 1.92. The Morgan fingerprint density at radius 3 is 2.24 bits per heavy atom. The average molecular weight is 386 g/mol. The van der Waals surface area contributed by atoms with Crippen LogP contribution in [0.4, 0.5) is 0 Å². The van der Waals surface area contributed by atoms with Crippen molar-refractivity contribution >= 4 is 22.1 Å². The summed E-state index contributed by atoms with van der Waals surface area (Å²) in [4.78, 5) is 23.3. The normalized spacial score (nSPS) is 11.9. The zero-order valence-corrected chi connectivity index (χ0v) is 18.0. The molecule has 0 spiro atoms. The van der Waals surface area contributed by atoms with Gasteiger partial charge in [0.25, 0.3) is 0 Å². The molecule has 0 saturated heterocycles. The van der Waals surface area contributed by atoms with Gasteiger partial charge in [0, 0.05) is 0 Å². The fourth-order valence-corrected chi connectivity index (χ4v) is 2.56. The van der Waals surface area contributed by atoms with Crippen LogP contribution in [0.15, 0.2) is 12.7 Å². The number of carbonyl (C=O) groups excluding carboxylic acids is 2. The number of hydrogen-bond acceptors (Lipinski definition) is 7. The number of ether oxygens (including phenoxy) is 2. The van der Waals surface area contributed by atoms with Gasteiger partial charge >= 0.3 is 41.5 Å². The predicted molar refractivity (Wildman–Crippen MR) is 88.2 cm³/mol. The molecule has 0 aliphatic carbocycles. The molecule has 0 fully saturated rings. The number of carbonyl (C=O) groups is 2. The second-order valence-corrected chi connectivity index (χ2v) is 6.97. The third-order valence-corrected chi connectivity index (χ3v) is 4.35. The molecule has 1 atom stereocenters. The molecular formula is C16H27NaO7S. The minimum Gasteiger partial charge on any atom is -0.747 e. The van der Waals surface area contributed by atoms with Crippen molar-refractivity contribution < 1.29 is 61.6 Å². The summed E-state index contributed by atoms with van der Waals surface area (Å²) in [5.41, 5.74) is 0. The Kier molecular flexibility index (Phi) is 17.0. The molecule has 25 heavy (non-hydrogen) atoms. The first kappa shape index (κ1) is 26.8. The van der Waals surface area contributed by atoms with E-state index in [4.69, 9.17) is 9.47 Å². The maximum Gasteiger partial charge on any atom is 1.00 e. The molecule has 0 bridgehead atoms. The van der Waals surface area contributed by atoms with Crippen LogP contribution in [0.1, 0.15) is 58.3 Å². The van der Waals surface area contributed by atoms with Crippen LogP contribution in [0.2, 0.25) is 0 Å². The van der Waals surface area contributed by atoms with E-state index in [0.717, 1.165) is 32.1 Å². The number of hydrogen-bond donors (Lipinski definition) is 0. The van der Waals surface area contributed by atoms with Crippen LogP contribution >= 0.6 is 0 Å². The summed E-state index contributed by atoms with van der Waals surface area (Å²) in [6.07, 6.45) is 6.88. The Balaban J connectivity index is 0. The summed E-state index contributed by atoms with van der Waals surface area (Å²) in [7, 11) is -4.99. The zero-order chi connectivity index (χ0) is 18.4. The van der Waals surface area contributed by atoms with Crippen LogP contribution in [0.3, 0.4) is 0 Å². The topological polar surface area (TPSA) is 110 Å². The maximum absolute atomic E-state index is 11.8. The van der Waals surface area contributed by atoms with Crippen LogP contribution in [-0.4, -0.2) is 43.4 Å². The van der Waals surface area contributed by atoms with Gasteiger partial charge in [-0.25, -0.2) is 8.42 Å². The molecule has 1 unspecified atom stereocenters. The Morgan fingerprint density at radius 2 is 1.68 bits per heavy atom. The molecular weight excluding hydrogens is 359 g/mol. The summed E-state index contributed by atoms with van der Waals surface area (Å²) in [6, 6.07) is 0. The van der Waals surface area contributed by atoms with Gasteiger partial charge in [0.1, 0.15) is 10.1 Å². The van der Waals surface area contributed by atoms with Gasteiger partial charge < -0.3 is 14.0 Å². The van der Waals surface area contributed by atoms with Crippen LogP contribution < -0.4 is 29.6 Å². The molecule has 0 aliphatic rings. The van der Waals surface area contributed by atoms with Crippen LogP contribution in [-0.2, 0) is 29.2 Å². The quantitative estimate of drug-likeness (QED) is 0.128. The second-order valence-electron chi connectivity index (χ2n) is 5.42. The fraction of sp³-hybridized carbons (Fsp3) is 0.750. The SMILES string of the molecule is C=CCCOC(=O)CC(C(=O)OCCCCCCCC)S(=O)(=O)[O-].[Na+]. The maximum atomic E-state index is 11.8. The standard InChI is InChI=1S/C16H28O7S.Na/c1-3-5-7-8-9-10-12-23-16(18)14(24(19,20)21)13-15(17)22-11-6-4-2;/h4,14H,2-3,5-13H2,1H3,(H,19,20,21);/q;+1/p-1. The molecule has 0 aromatic carbocycles. The van der Waals surface area contributed by atoms with E-state index in [1.165, 1.54) is 6.08 Å². The van der Waals surface area contributed by atoms with Crippen LogP contribution in [0.5, 0.6) is 0 Å². The van der Waals surface area contributed by atoms with E-state index in [1.54, 1.807) is 0 Å². The molecule has 0 N–H and O–H groups in total. The Hall–Kier alpha value is -0.410. The molecule has 140 valence electrons. The number of rotatable bonds is 14. The molecule has 0 radical (unpaired) electrons. The third-order valence-electron chi connectivity index (χ3n) is 3.29. The third kappa shape index (κ3) is 14.4. The van der Waals surface area contributed by atoms with Gasteiger partial charge in [0.05, 0.1) is 19.6 Å². The first-order valence-electron chi connectivity index (χ1n) is 8.20. The van der Waals surface area contributed by atoms with Gasteiger partial charge in [-0.15, -0.1) is 6.58 Å². The Bertz CT molecular complexity index is 491. The summed E-state index contributed by atoms with van der Waals surface area (Å²) < 4.78 is 43.0. The van der Waals surface area contributed by atoms with Crippen molar-refractivity contribution in [3.05, 3.63) is 12.7 Å². The minimum absolute atomic E-state index is 0. The first-order valence-corrected chi connectivity index (χ1v) is 9.68. The van der Waals surface area contributed by atoms with Gasteiger partial charge in [0.2, 0.25) is 0 Å². The predicted octanol–water partition coefficient (Wildman–Crippen LogP) is -0.683. The van der Waals surface area contributed by atoms with Crippen LogP contribution in [0, 0.1) is 0 Å². The van der Waals surface area contributed by atoms with Crippen LogP contribution in [0.25, 0.3) is 0 Å². The van der Waals surface area contributed by atoms with Gasteiger partial charge in [0.15, 0.2) is 5.25 Å². The van der Waals surface area contributed by atoms with Gasteiger partial charge in [-0.3, -0.25) is 9.59 Å². The van der Waals surface area contributed by atoms with Crippen molar-refractivity contribution in [3.8, 4) is 0 Å². The van der Waals surface area contributed by atoms with Crippen molar-refractivity contribution in [1.29, 1.82) is 0 Å². The molecule has 9 heteroatoms. The monoisotopic (exact) mass is 386 g/mol. The Labute approximate surface area is 172 Å².